The van der Waals surface area contributed by atoms with Crippen LogP contribution in [-0.2, 0) is 4.74 Å². The second-order valence-corrected chi connectivity index (χ2v) is 2.39. The van der Waals surface area contributed by atoms with Gasteiger partial charge in [-0.05, 0) is 12.2 Å². The molecule has 0 aliphatic carbocycles. The minimum absolute atomic E-state index is 0.164. The molecule has 0 aromatic carbocycles. The lowest BCUT2D eigenvalue weighted by atomic mass is 10.4. The van der Waals surface area contributed by atoms with E-state index < -0.39 is 0 Å². The average molecular weight is 146 g/mol. The van der Waals surface area contributed by atoms with Gasteiger partial charge in [-0.25, -0.2) is 0 Å². The fraction of sp³-hybridized carbons (Fsp3) is 0.200. The smallest absolute Gasteiger partial charge is 0.171 e. The summed E-state index contributed by atoms with van der Waals surface area (Å²) in [6.45, 7) is 0. The van der Waals surface area contributed by atoms with Gasteiger partial charge in [-0.1, -0.05) is 0 Å². The van der Waals surface area contributed by atoms with Crippen molar-refractivity contribution in [3.05, 3.63) is 23.3 Å². The third-order valence-electron chi connectivity index (χ3n) is 0.806. The Balaban J connectivity index is 2.66. The first-order chi connectivity index (χ1) is 3.80. The normalized spacial score (nSPS) is 26.8. The van der Waals surface area contributed by atoms with E-state index in [4.69, 9.17) is 4.74 Å². The lowest BCUT2D eigenvalue weighted by molar-refractivity contribution is 0.256. The van der Waals surface area contributed by atoms with Crippen molar-refractivity contribution in [1.82, 2.24) is 0 Å². The first-order valence-corrected chi connectivity index (χ1v) is 3.16. The van der Waals surface area contributed by atoms with Crippen molar-refractivity contribution < 1.29 is 4.74 Å². The van der Waals surface area contributed by atoms with Crippen LogP contribution in [0.3, 0.4) is 0 Å². The van der Waals surface area contributed by atoms with Gasteiger partial charge < -0.3 is 4.74 Å². The van der Waals surface area contributed by atoms with E-state index in [1.54, 1.807) is 12.3 Å². The molecule has 1 atom stereocenters. The van der Waals surface area contributed by atoms with Crippen LogP contribution in [-0.4, -0.2) is 5.44 Å². The van der Waals surface area contributed by atoms with Crippen molar-refractivity contribution in [3.63, 3.8) is 0 Å². The second kappa shape index (κ2) is 2.51. The Labute approximate surface area is 59.2 Å². The minimum atomic E-state index is -0.164. The zero-order valence-electron chi connectivity index (χ0n) is 4.11. The SMILES string of the molecule is SC1=CC=COC1S. The Kier molecular flexibility index (Phi) is 1.91. The fourth-order valence-electron chi connectivity index (χ4n) is 0.410. The fourth-order valence-corrected chi connectivity index (χ4v) is 0.713. The third-order valence-corrected chi connectivity index (χ3v) is 1.79. The van der Waals surface area contributed by atoms with Crippen LogP contribution < -0.4 is 0 Å². The third kappa shape index (κ3) is 1.23. The highest BCUT2D eigenvalue weighted by Crippen LogP contribution is 2.18. The lowest BCUT2D eigenvalue weighted by Gasteiger charge is -2.11. The molecule has 0 saturated carbocycles. The highest BCUT2D eigenvalue weighted by Gasteiger charge is 2.05. The summed E-state index contributed by atoms with van der Waals surface area (Å²) in [5.41, 5.74) is -0.164. The number of thiol groups is 2. The summed E-state index contributed by atoms with van der Waals surface area (Å²) in [6.07, 6.45) is 5.23. The van der Waals surface area contributed by atoms with Crippen molar-refractivity contribution in [1.29, 1.82) is 0 Å². The van der Waals surface area contributed by atoms with Gasteiger partial charge in [0.05, 0.1) is 6.26 Å². The Hall–Kier alpha value is -0.0200. The molecule has 0 N–H and O–H groups in total. The molecule has 44 valence electrons. The van der Waals surface area contributed by atoms with Gasteiger partial charge in [0.1, 0.15) is 0 Å². The van der Waals surface area contributed by atoms with Crippen molar-refractivity contribution in [2.75, 3.05) is 0 Å². The summed E-state index contributed by atoms with van der Waals surface area (Å²) in [5.74, 6) is 0. The van der Waals surface area contributed by atoms with Crippen LogP contribution in [0, 0.1) is 0 Å². The van der Waals surface area contributed by atoms with E-state index in [1.165, 1.54) is 0 Å². The molecule has 0 saturated heterocycles. The van der Waals surface area contributed by atoms with Crippen LogP contribution in [0.15, 0.2) is 23.3 Å². The van der Waals surface area contributed by atoms with Crippen molar-refractivity contribution >= 4 is 25.3 Å². The van der Waals surface area contributed by atoms with Gasteiger partial charge >= 0.3 is 0 Å². The molecule has 1 heterocycles. The Bertz CT molecular complexity index is 139. The largest absolute Gasteiger partial charge is 0.482 e. The molecule has 0 fully saturated rings. The zero-order chi connectivity index (χ0) is 5.98. The van der Waals surface area contributed by atoms with Crippen LogP contribution in [0.1, 0.15) is 0 Å². The lowest BCUT2D eigenvalue weighted by Crippen LogP contribution is -2.02. The summed E-state index contributed by atoms with van der Waals surface area (Å²) < 4.78 is 4.93. The van der Waals surface area contributed by atoms with E-state index in [9.17, 15) is 0 Å². The molecular formula is C5H6OS2. The maximum absolute atomic E-state index is 4.93. The van der Waals surface area contributed by atoms with Crippen LogP contribution in [0.2, 0.25) is 0 Å². The summed E-state index contributed by atoms with van der Waals surface area (Å²) >= 11 is 8.10. The maximum Gasteiger partial charge on any atom is 0.171 e. The highest BCUT2D eigenvalue weighted by molar-refractivity contribution is 7.87. The Morgan fingerprint density at radius 3 is 2.75 bits per heavy atom. The second-order valence-electron chi connectivity index (χ2n) is 1.41. The van der Waals surface area contributed by atoms with Gasteiger partial charge in [-0.2, -0.15) is 0 Å². The van der Waals surface area contributed by atoms with Crippen LogP contribution >= 0.6 is 25.3 Å². The topological polar surface area (TPSA) is 9.23 Å². The van der Waals surface area contributed by atoms with Gasteiger partial charge in [0.15, 0.2) is 5.44 Å². The number of allylic oxidation sites excluding steroid dienone is 2. The molecule has 1 rings (SSSR count). The highest BCUT2D eigenvalue weighted by atomic mass is 32.1. The molecule has 3 heteroatoms. The van der Waals surface area contributed by atoms with Crippen molar-refractivity contribution in [3.8, 4) is 0 Å². The zero-order valence-corrected chi connectivity index (χ0v) is 5.90. The number of ether oxygens (including phenoxy) is 1. The van der Waals surface area contributed by atoms with E-state index in [1.807, 2.05) is 6.08 Å². The van der Waals surface area contributed by atoms with Gasteiger partial charge in [-0.15, -0.1) is 25.3 Å². The van der Waals surface area contributed by atoms with E-state index in [2.05, 4.69) is 25.3 Å². The molecule has 1 nitrogen and oxygen atoms in total. The van der Waals surface area contributed by atoms with Crippen LogP contribution in [0.5, 0.6) is 0 Å². The molecule has 8 heavy (non-hydrogen) atoms. The minimum Gasteiger partial charge on any atom is -0.482 e. The monoisotopic (exact) mass is 146 g/mol. The maximum atomic E-state index is 4.93. The Morgan fingerprint density at radius 1 is 1.62 bits per heavy atom. The Morgan fingerprint density at radius 2 is 2.38 bits per heavy atom. The van der Waals surface area contributed by atoms with Gasteiger partial charge in [0.2, 0.25) is 0 Å². The van der Waals surface area contributed by atoms with Crippen molar-refractivity contribution in [2.45, 2.75) is 5.44 Å². The first-order valence-electron chi connectivity index (χ1n) is 2.20. The van der Waals surface area contributed by atoms with E-state index >= 15 is 0 Å². The first kappa shape index (κ1) is 6.11. The summed E-state index contributed by atoms with van der Waals surface area (Å²) in [7, 11) is 0. The number of hydrogen-bond acceptors (Lipinski definition) is 3. The molecule has 0 aromatic rings. The molecule has 1 aliphatic heterocycles. The van der Waals surface area contributed by atoms with E-state index in [-0.39, 0.29) is 5.44 Å². The summed E-state index contributed by atoms with van der Waals surface area (Å²) in [6, 6.07) is 0. The average Bonchev–Trinajstić information content (AvgIpc) is 1.77. The number of hydrogen-bond donors (Lipinski definition) is 2. The predicted molar refractivity (Wildman–Crippen MR) is 40.1 cm³/mol. The molecule has 0 radical (unpaired) electrons. The van der Waals surface area contributed by atoms with Gasteiger partial charge in [0.25, 0.3) is 0 Å². The van der Waals surface area contributed by atoms with Gasteiger partial charge in [0, 0.05) is 4.91 Å². The van der Waals surface area contributed by atoms with Crippen molar-refractivity contribution in [2.24, 2.45) is 0 Å². The van der Waals surface area contributed by atoms with Crippen LogP contribution in [0.4, 0.5) is 0 Å². The van der Waals surface area contributed by atoms with E-state index in [0.717, 1.165) is 4.91 Å². The molecule has 0 bridgehead atoms. The molecule has 0 spiro atoms. The molecular weight excluding hydrogens is 140 g/mol. The van der Waals surface area contributed by atoms with Gasteiger partial charge in [-0.3, -0.25) is 0 Å². The molecule has 1 aliphatic rings. The quantitative estimate of drug-likeness (QED) is 0.494. The summed E-state index contributed by atoms with van der Waals surface area (Å²) in [4.78, 5) is 0.843. The summed E-state index contributed by atoms with van der Waals surface area (Å²) in [5, 5.41) is 0. The number of rotatable bonds is 0. The predicted octanol–water partition coefficient (Wildman–Crippen LogP) is 1.60. The molecule has 1 unspecified atom stereocenters. The van der Waals surface area contributed by atoms with Crippen LogP contribution in [0.25, 0.3) is 0 Å². The van der Waals surface area contributed by atoms with E-state index in [0.29, 0.717) is 0 Å². The molecule has 0 amide bonds. The standard InChI is InChI=1S/C5H6OS2/c7-4-2-1-3-6-5(4)8/h1-3,5,7-8H. The molecule has 0 aromatic heterocycles.